The average molecular weight is 437 g/mol. The second kappa shape index (κ2) is 9.94. The first-order chi connectivity index (χ1) is 15.5. The largest absolute Gasteiger partial charge is 0.356 e. The fourth-order valence-corrected chi connectivity index (χ4v) is 4.37. The normalized spacial score (nSPS) is 18.3. The van der Waals surface area contributed by atoms with Crippen molar-refractivity contribution in [3.63, 3.8) is 0 Å². The molecule has 4 rings (SSSR count). The molecule has 0 radical (unpaired) electrons. The minimum absolute atomic E-state index is 0.0778. The molecule has 0 bridgehead atoms. The van der Waals surface area contributed by atoms with Crippen LogP contribution in [0.2, 0.25) is 0 Å². The third kappa shape index (κ3) is 5.33. The van der Waals surface area contributed by atoms with Crippen LogP contribution in [0.4, 0.5) is 8.78 Å². The lowest BCUT2D eigenvalue weighted by molar-refractivity contribution is -0.120. The van der Waals surface area contributed by atoms with Gasteiger partial charge in [0.1, 0.15) is 17.5 Å². The van der Waals surface area contributed by atoms with Crippen molar-refractivity contribution in [3.05, 3.63) is 77.6 Å². The van der Waals surface area contributed by atoms with Gasteiger partial charge in [-0.3, -0.25) is 9.78 Å². The highest BCUT2D eigenvalue weighted by atomic mass is 19.1. The van der Waals surface area contributed by atoms with Crippen LogP contribution >= 0.6 is 0 Å². The van der Waals surface area contributed by atoms with E-state index >= 15 is 0 Å². The lowest BCUT2D eigenvalue weighted by Gasteiger charge is -2.29. The second-order valence-corrected chi connectivity index (χ2v) is 8.39. The van der Waals surface area contributed by atoms with Gasteiger partial charge in [0, 0.05) is 42.2 Å². The van der Waals surface area contributed by atoms with E-state index in [1.807, 2.05) is 25.3 Å². The van der Waals surface area contributed by atoms with E-state index in [1.165, 1.54) is 0 Å². The summed E-state index contributed by atoms with van der Waals surface area (Å²) in [5.41, 5.74) is 3.27. The Hall–Kier alpha value is -3.22. The van der Waals surface area contributed by atoms with Gasteiger partial charge in [0.2, 0.25) is 5.91 Å². The first kappa shape index (κ1) is 22.0. The van der Waals surface area contributed by atoms with Crippen LogP contribution in [0.15, 0.2) is 48.9 Å². The first-order valence-electron chi connectivity index (χ1n) is 10.9. The molecule has 7 heteroatoms. The highest BCUT2D eigenvalue weighted by molar-refractivity contribution is 5.78. The van der Waals surface area contributed by atoms with Crippen LogP contribution in [0, 0.1) is 24.5 Å². The van der Waals surface area contributed by atoms with E-state index in [0.29, 0.717) is 18.4 Å². The van der Waals surface area contributed by atoms with Crippen molar-refractivity contribution >= 4 is 5.91 Å². The molecule has 5 nitrogen and oxygen atoms in total. The summed E-state index contributed by atoms with van der Waals surface area (Å²) in [7, 11) is 0. The number of benzene rings is 1. The molecule has 1 fully saturated rings. The van der Waals surface area contributed by atoms with Crippen molar-refractivity contribution in [1.82, 2.24) is 20.3 Å². The standard InChI is InChI=1S/C25H26F2N4O/c1-16-29-15-22(18-8-10-28-11-9-18)25(31-16)19-4-2-17(3-5-19)14-30-24(32)13-20-12-21(26)6-7-23(20)27/h6-12,15,17,19H,2-5,13-14H2,1H3,(H,30,32). The minimum Gasteiger partial charge on any atom is -0.356 e. The molecule has 1 aliphatic carbocycles. The number of halogens is 2. The van der Waals surface area contributed by atoms with Crippen molar-refractivity contribution in [3.8, 4) is 11.1 Å². The van der Waals surface area contributed by atoms with Crippen LogP contribution in [0.25, 0.3) is 11.1 Å². The molecule has 0 atom stereocenters. The van der Waals surface area contributed by atoms with Gasteiger partial charge in [0.15, 0.2) is 0 Å². The zero-order valence-corrected chi connectivity index (χ0v) is 18.0. The van der Waals surface area contributed by atoms with Gasteiger partial charge < -0.3 is 5.32 Å². The fraction of sp³-hybridized carbons (Fsp3) is 0.360. The number of aryl methyl sites for hydroxylation is 1. The van der Waals surface area contributed by atoms with E-state index in [2.05, 4.69) is 15.3 Å². The maximum atomic E-state index is 13.8. The van der Waals surface area contributed by atoms with E-state index < -0.39 is 11.6 Å². The summed E-state index contributed by atoms with van der Waals surface area (Å²) in [6, 6.07) is 7.12. The predicted molar refractivity (Wildman–Crippen MR) is 118 cm³/mol. The van der Waals surface area contributed by atoms with E-state index in [0.717, 1.165) is 66.5 Å². The van der Waals surface area contributed by atoms with Gasteiger partial charge >= 0.3 is 0 Å². The monoisotopic (exact) mass is 436 g/mol. The van der Waals surface area contributed by atoms with Crippen LogP contribution in [0.5, 0.6) is 0 Å². The van der Waals surface area contributed by atoms with Crippen LogP contribution in [0.3, 0.4) is 0 Å². The summed E-state index contributed by atoms with van der Waals surface area (Å²) in [4.78, 5) is 25.5. The third-order valence-electron chi connectivity index (χ3n) is 6.11. The second-order valence-electron chi connectivity index (χ2n) is 8.39. The van der Waals surface area contributed by atoms with Gasteiger partial charge in [-0.05, 0) is 74.4 Å². The molecule has 0 spiro atoms. The topological polar surface area (TPSA) is 67.8 Å². The van der Waals surface area contributed by atoms with Crippen LogP contribution in [0.1, 0.15) is 48.7 Å². The van der Waals surface area contributed by atoms with Crippen molar-refractivity contribution in [2.45, 2.75) is 44.9 Å². The smallest absolute Gasteiger partial charge is 0.224 e. The number of pyridine rings is 1. The lowest BCUT2D eigenvalue weighted by Crippen LogP contribution is -2.32. The lowest BCUT2D eigenvalue weighted by atomic mass is 9.79. The van der Waals surface area contributed by atoms with Crippen LogP contribution < -0.4 is 5.32 Å². The average Bonchev–Trinajstić information content (AvgIpc) is 2.81. The molecule has 0 unspecified atom stereocenters. The summed E-state index contributed by atoms with van der Waals surface area (Å²) in [5.74, 6) is 0.0682. The highest BCUT2D eigenvalue weighted by Gasteiger charge is 2.26. The van der Waals surface area contributed by atoms with E-state index in [4.69, 9.17) is 4.98 Å². The SMILES string of the molecule is Cc1ncc(-c2ccncc2)c(C2CCC(CNC(=O)Cc3cc(F)ccc3F)CC2)n1. The van der Waals surface area contributed by atoms with Gasteiger partial charge in [-0.25, -0.2) is 18.7 Å². The number of nitrogens with zero attached hydrogens (tertiary/aromatic N) is 3. The predicted octanol–water partition coefficient (Wildman–Crippen LogP) is 4.76. The summed E-state index contributed by atoms with van der Waals surface area (Å²) in [5, 5.41) is 2.89. The molecule has 2 aromatic heterocycles. The molecule has 3 aromatic rings. The molecule has 1 saturated carbocycles. The number of amides is 1. The number of hydrogen-bond acceptors (Lipinski definition) is 4. The van der Waals surface area contributed by atoms with Crippen LogP contribution in [-0.4, -0.2) is 27.4 Å². The number of nitrogens with one attached hydrogen (secondary N) is 1. The molecular formula is C25H26F2N4O. The maximum Gasteiger partial charge on any atom is 0.224 e. The number of carbonyl (C=O) groups is 1. The summed E-state index contributed by atoms with van der Waals surface area (Å²) < 4.78 is 27.1. The van der Waals surface area contributed by atoms with E-state index in [-0.39, 0.29) is 17.9 Å². The Labute approximate surface area is 186 Å². The Bertz CT molecular complexity index is 1080. The third-order valence-corrected chi connectivity index (χ3v) is 6.11. The van der Waals surface area contributed by atoms with Crippen molar-refractivity contribution in [2.75, 3.05) is 6.54 Å². The summed E-state index contributed by atoms with van der Waals surface area (Å²) in [6.45, 7) is 2.45. The summed E-state index contributed by atoms with van der Waals surface area (Å²) >= 11 is 0. The Balaban J connectivity index is 1.33. The fourth-order valence-electron chi connectivity index (χ4n) is 4.37. The minimum atomic E-state index is -0.563. The molecule has 1 N–H and O–H groups in total. The Morgan fingerprint density at radius 1 is 1.09 bits per heavy atom. The maximum absolute atomic E-state index is 13.8. The molecule has 1 aliphatic rings. The van der Waals surface area contributed by atoms with E-state index in [9.17, 15) is 13.6 Å². The molecule has 32 heavy (non-hydrogen) atoms. The number of rotatable bonds is 6. The Morgan fingerprint density at radius 2 is 1.84 bits per heavy atom. The molecule has 0 aliphatic heterocycles. The number of hydrogen-bond donors (Lipinski definition) is 1. The van der Waals surface area contributed by atoms with Crippen molar-refractivity contribution in [1.29, 1.82) is 0 Å². The zero-order valence-electron chi connectivity index (χ0n) is 18.0. The molecule has 1 amide bonds. The highest BCUT2D eigenvalue weighted by Crippen LogP contribution is 2.38. The van der Waals surface area contributed by atoms with Gasteiger partial charge in [-0.2, -0.15) is 0 Å². The van der Waals surface area contributed by atoms with Crippen molar-refractivity contribution < 1.29 is 13.6 Å². The quantitative estimate of drug-likeness (QED) is 0.605. The summed E-state index contributed by atoms with van der Waals surface area (Å²) in [6.07, 6.45) is 9.18. The molecule has 0 saturated heterocycles. The van der Waals surface area contributed by atoms with Crippen molar-refractivity contribution in [2.24, 2.45) is 5.92 Å². The van der Waals surface area contributed by atoms with Gasteiger partial charge in [-0.1, -0.05) is 0 Å². The van der Waals surface area contributed by atoms with Crippen LogP contribution in [-0.2, 0) is 11.2 Å². The molecule has 1 aromatic carbocycles. The zero-order chi connectivity index (χ0) is 22.5. The number of carbonyl (C=O) groups excluding carboxylic acids is 1. The molecule has 2 heterocycles. The number of aromatic nitrogens is 3. The molecule has 166 valence electrons. The van der Waals surface area contributed by atoms with Gasteiger partial charge in [0.05, 0.1) is 12.1 Å². The molecular weight excluding hydrogens is 410 g/mol. The Kier molecular flexibility index (Phi) is 6.83. The first-order valence-corrected chi connectivity index (χ1v) is 10.9. The Morgan fingerprint density at radius 3 is 2.59 bits per heavy atom. The van der Waals surface area contributed by atoms with E-state index in [1.54, 1.807) is 12.4 Å². The van der Waals surface area contributed by atoms with Gasteiger partial charge in [0.25, 0.3) is 0 Å². The van der Waals surface area contributed by atoms with Gasteiger partial charge in [-0.15, -0.1) is 0 Å².